The maximum Gasteiger partial charge on any atom is 0.236 e. The lowest BCUT2D eigenvalue weighted by molar-refractivity contribution is -0.136. The van der Waals surface area contributed by atoms with Gasteiger partial charge in [0.1, 0.15) is 5.75 Å². The third-order valence-corrected chi connectivity index (χ3v) is 6.89. The first-order chi connectivity index (χ1) is 16.1. The number of hydrogen-bond donors (Lipinski definition) is 1. The fourth-order valence-corrected chi connectivity index (χ4v) is 5.07. The van der Waals surface area contributed by atoms with Crippen LogP contribution < -0.4 is 15.0 Å². The Hall–Kier alpha value is -2.36. The van der Waals surface area contributed by atoms with Crippen molar-refractivity contribution in [2.45, 2.75) is 18.9 Å². The molecule has 2 fully saturated rings. The molecule has 0 bridgehead atoms. The molecule has 2 saturated heterocycles. The summed E-state index contributed by atoms with van der Waals surface area (Å²) in [6.07, 6.45) is 1.47. The summed E-state index contributed by atoms with van der Waals surface area (Å²) in [7, 11) is 3.34. The largest absolute Gasteiger partial charge is 0.497 e. The number of anilines is 1. The van der Waals surface area contributed by atoms with Crippen molar-refractivity contribution in [3.05, 3.63) is 23.8 Å². The normalized spacial score (nSPS) is 23.0. The van der Waals surface area contributed by atoms with Crippen LogP contribution in [0.4, 0.5) is 5.69 Å². The third kappa shape index (κ3) is 5.59. The highest BCUT2D eigenvalue weighted by Gasteiger charge is 2.42. The van der Waals surface area contributed by atoms with Crippen molar-refractivity contribution in [2.75, 3.05) is 84.8 Å². The standard InChI is InChI=1S/C24H36N4O5/c1-31-11-3-6-25-24(30)20-14-18-4-5-19(32-2)15-21(18)28-8-7-26(16-22(20)28)17-23(29)27-9-12-33-13-10-27/h4-5,15,20,22H,3,6-14,16-17H2,1-2H3,(H,25,30)/t20-,22-/m0/s1. The van der Waals surface area contributed by atoms with Gasteiger partial charge >= 0.3 is 0 Å². The number of carbonyl (C=O) groups excluding carboxylic acids is 2. The van der Waals surface area contributed by atoms with Crippen LogP contribution in [0.5, 0.6) is 5.75 Å². The zero-order chi connectivity index (χ0) is 23.2. The van der Waals surface area contributed by atoms with E-state index in [1.165, 1.54) is 5.56 Å². The van der Waals surface area contributed by atoms with E-state index in [-0.39, 0.29) is 23.8 Å². The summed E-state index contributed by atoms with van der Waals surface area (Å²) in [5.41, 5.74) is 2.31. The van der Waals surface area contributed by atoms with Gasteiger partial charge in [0, 0.05) is 64.7 Å². The topological polar surface area (TPSA) is 83.6 Å². The van der Waals surface area contributed by atoms with E-state index in [0.29, 0.717) is 59.0 Å². The number of benzene rings is 1. The predicted octanol–water partition coefficient (Wildman–Crippen LogP) is 0.370. The Bertz CT molecular complexity index is 829. The number of ether oxygens (including phenoxy) is 3. The fraction of sp³-hybridized carbons (Fsp3) is 0.667. The Morgan fingerprint density at radius 2 is 1.97 bits per heavy atom. The molecule has 33 heavy (non-hydrogen) atoms. The fourth-order valence-electron chi connectivity index (χ4n) is 5.07. The smallest absolute Gasteiger partial charge is 0.236 e. The van der Waals surface area contributed by atoms with Crippen molar-refractivity contribution in [3.8, 4) is 5.75 Å². The summed E-state index contributed by atoms with van der Waals surface area (Å²) in [5.74, 6) is 0.865. The summed E-state index contributed by atoms with van der Waals surface area (Å²) < 4.78 is 15.9. The van der Waals surface area contributed by atoms with Gasteiger partial charge < -0.3 is 29.3 Å². The van der Waals surface area contributed by atoms with Crippen LogP contribution in [0, 0.1) is 5.92 Å². The molecule has 0 saturated carbocycles. The number of piperazine rings is 1. The van der Waals surface area contributed by atoms with E-state index >= 15 is 0 Å². The molecule has 0 aliphatic carbocycles. The van der Waals surface area contributed by atoms with Crippen molar-refractivity contribution in [2.24, 2.45) is 5.92 Å². The molecule has 1 aromatic carbocycles. The van der Waals surface area contributed by atoms with Gasteiger partial charge in [0.2, 0.25) is 11.8 Å². The first-order valence-electron chi connectivity index (χ1n) is 11.9. The third-order valence-electron chi connectivity index (χ3n) is 6.89. The summed E-state index contributed by atoms with van der Waals surface area (Å²) in [6, 6.07) is 6.12. The van der Waals surface area contributed by atoms with Crippen LogP contribution in [0.3, 0.4) is 0 Å². The monoisotopic (exact) mass is 460 g/mol. The van der Waals surface area contributed by atoms with E-state index in [2.05, 4.69) is 27.2 Å². The second-order valence-electron chi connectivity index (χ2n) is 8.93. The molecular formula is C24H36N4O5. The number of methoxy groups -OCH3 is 2. The molecule has 0 radical (unpaired) electrons. The average Bonchev–Trinajstić information content (AvgIpc) is 2.86. The van der Waals surface area contributed by atoms with Gasteiger partial charge in [0.25, 0.3) is 0 Å². The van der Waals surface area contributed by atoms with E-state index in [1.54, 1.807) is 14.2 Å². The van der Waals surface area contributed by atoms with Gasteiger partial charge in [-0.05, 0) is 24.5 Å². The van der Waals surface area contributed by atoms with E-state index in [4.69, 9.17) is 14.2 Å². The first kappa shape index (κ1) is 23.8. The minimum Gasteiger partial charge on any atom is -0.497 e. The lowest BCUT2D eigenvalue weighted by atomic mass is 9.83. The molecule has 1 aromatic rings. The van der Waals surface area contributed by atoms with Gasteiger partial charge in [-0.15, -0.1) is 0 Å². The van der Waals surface area contributed by atoms with Gasteiger partial charge in [0.15, 0.2) is 0 Å². The number of carbonyl (C=O) groups is 2. The Labute approximate surface area is 195 Å². The highest BCUT2D eigenvalue weighted by atomic mass is 16.5. The molecule has 0 aromatic heterocycles. The second-order valence-corrected chi connectivity index (χ2v) is 8.93. The number of nitrogens with zero attached hydrogens (tertiary/aromatic N) is 3. The highest BCUT2D eigenvalue weighted by molar-refractivity contribution is 5.82. The minimum absolute atomic E-state index is 0.0123. The van der Waals surface area contributed by atoms with Crippen LogP contribution in [0.2, 0.25) is 0 Å². The summed E-state index contributed by atoms with van der Waals surface area (Å²) >= 11 is 0. The molecule has 3 aliphatic rings. The summed E-state index contributed by atoms with van der Waals surface area (Å²) in [5, 5.41) is 3.10. The lowest BCUT2D eigenvalue weighted by Crippen LogP contribution is -2.62. The number of morpholine rings is 1. The second kappa shape index (κ2) is 11.2. The maximum absolute atomic E-state index is 13.2. The van der Waals surface area contributed by atoms with Crippen LogP contribution in [-0.2, 0) is 25.5 Å². The van der Waals surface area contributed by atoms with Crippen molar-refractivity contribution in [1.82, 2.24) is 15.1 Å². The zero-order valence-electron chi connectivity index (χ0n) is 19.8. The predicted molar refractivity (Wildman–Crippen MR) is 125 cm³/mol. The van der Waals surface area contributed by atoms with Gasteiger partial charge in [-0.3, -0.25) is 14.5 Å². The Kier molecular flexibility index (Phi) is 8.06. The minimum atomic E-state index is -0.172. The molecule has 0 unspecified atom stereocenters. The van der Waals surface area contributed by atoms with E-state index in [0.717, 1.165) is 30.9 Å². The average molecular weight is 461 g/mol. The van der Waals surface area contributed by atoms with E-state index < -0.39 is 0 Å². The molecule has 1 N–H and O–H groups in total. The highest BCUT2D eigenvalue weighted by Crippen LogP contribution is 2.38. The van der Waals surface area contributed by atoms with Crippen molar-refractivity contribution in [3.63, 3.8) is 0 Å². The Morgan fingerprint density at radius 3 is 2.73 bits per heavy atom. The SMILES string of the molecule is COCCCNC(=O)[C@H]1Cc2ccc(OC)cc2N2CCN(CC(=O)N3CCOCC3)C[C@@H]12. The lowest BCUT2D eigenvalue weighted by Gasteiger charge is -2.49. The number of nitrogens with one attached hydrogen (secondary N) is 1. The first-order valence-corrected chi connectivity index (χ1v) is 11.9. The van der Waals surface area contributed by atoms with Crippen molar-refractivity contribution < 1.29 is 23.8 Å². The van der Waals surface area contributed by atoms with Crippen LogP contribution in [0.15, 0.2) is 18.2 Å². The molecule has 0 spiro atoms. The zero-order valence-corrected chi connectivity index (χ0v) is 19.8. The molecule has 9 heteroatoms. The van der Waals surface area contributed by atoms with Crippen LogP contribution in [0.25, 0.3) is 0 Å². The molecule has 182 valence electrons. The number of rotatable bonds is 8. The van der Waals surface area contributed by atoms with Gasteiger partial charge in [-0.2, -0.15) is 0 Å². The molecule has 4 rings (SSSR count). The molecule has 2 atom stereocenters. The Balaban J connectivity index is 1.48. The molecular weight excluding hydrogens is 424 g/mol. The van der Waals surface area contributed by atoms with E-state index in [1.807, 2.05) is 11.0 Å². The number of hydrogen-bond acceptors (Lipinski definition) is 7. The number of amides is 2. The van der Waals surface area contributed by atoms with E-state index in [9.17, 15) is 9.59 Å². The van der Waals surface area contributed by atoms with Crippen molar-refractivity contribution in [1.29, 1.82) is 0 Å². The summed E-state index contributed by atoms with van der Waals surface area (Å²) in [6.45, 7) is 6.37. The van der Waals surface area contributed by atoms with Crippen LogP contribution >= 0.6 is 0 Å². The summed E-state index contributed by atoms with van der Waals surface area (Å²) in [4.78, 5) is 32.5. The molecule has 2 amide bonds. The number of fused-ring (bicyclic) bond motifs is 3. The van der Waals surface area contributed by atoms with Gasteiger partial charge in [-0.25, -0.2) is 0 Å². The quantitative estimate of drug-likeness (QED) is 0.561. The van der Waals surface area contributed by atoms with Crippen LogP contribution in [-0.4, -0.2) is 108 Å². The molecule has 9 nitrogen and oxygen atoms in total. The van der Waals surface area contributed by atoms with Crippen molar-refractivity contribution >= 4 is 17.5 Å². The Morgan fingerprint density at radius 1 is 1.15 bits per heavy atom. The van der Waals surface area contributed by atoms with Gasteiger partial charge in [-0.1, -0.05) is 6.07 Å². The van der Waals surface area contributed by atoms with Gasteiger partial charge in [0.05, 0.1) is 38.8 Å². The maximum atomic E-state index is 13.2. The molecule has 3 aliphatic heterocycles. The van der Waals surface area contributed by atoms with Crippen LogP contribution in [0.1, 0.15) is 12.0 Å². The molecule has 3 heterocycles.